The van der Waals surface area contributed by atoms with Gasteiger partial charge in [-0.2, -0.15) is 0 Å². The van der Waals surface area contributed by atoms with E-state index in [4.69, 9.17) is 4.74 Å². The monoisotopic (exact) mass is 533 g/mol. The highest BCUT2D eigenvalue weighted by Gasteiger charge is 2.02. The molecule has 0 aliphatic carbocycles. The third-order valence-corrected chi connectivity index (χ3v) is 7.59. The lowest BCUT2D eigenvalue weighted by Gasteiger charge is -2.05. The Morgan fingerprint density at radius 2 is 0.816 bits per heavy atom. The molecule has 0 rings (SSSR count). The highest BCUT2D eigenvalue weighted by atomic mass is 16.5. The molecular formula is C36H68O2. The van der Waals surface area contributed by atoms with Crippen LogP contribution in [0.25, 0.3) is 0 Å². The van der Waals surface area contributed by atoms with Gasteiger partial charge in [0.25, 0.3) is 0 Å². The molecular weight excluding hydrogens is 464 g/mol. The maximum atomic E-state index is 11.9. The molecule has 38 heavy (non-hydrogen) atoms. The molecule has 0 radical (unpaired) electrons. The summed E-state index contributed by atoms with van der Waals surface area (Å²) in [6.07, 6.45) is 45.2. The molecule has 0 saturated carbocycles. The Balaban J connectivity index is 3.21. The Hall–Kier alpha value is -1.05. The van der Waals surface area contributed by atoms with E-state index < -0.39 is 0 Å². The molecule has 2 heteroatoms. The highest BCUT2D eigenvalue weighted by Crippen LogP contribution is 2.14. The molecule has 0 heterocycles. The predicted molar refractivity (Wildman–Crippen MR) is 170 cm³/mol. The first kappa shape index (κ1) is 37.0. The van der Waals surface area contributed by atoms with Crippen LogP contribution in [0.3, 0.4) is 0 Å². The van der Waals surface area contributed by atoms with Crippen molar-refractivity contribution in [2.45, 2.75) is 194 Å². The molecule has 0 N–H and O–H groups in total. The molecule has 0 bridgehead atoms. The summed E-state index contributed by atoms with van der Waals surface area (Å²) in [6, 6.07) is 0. The van der Waals surface area contributed by atoms with Crippen LogP contribution in [-0.4, -0.2) is 12.6 Å². The molecule has 0 aliphatic rings. The second-order valence-electron chi connectivity index (χ2n) is 11.5. The van der Waals surface area contributed by atoms with Gasteiger partial charge in [-0.25, -0.2) is 0 Å². The van der Waals surface area contributed by atoms with Crippen molar-refractivity contribution in [3.05, 3.63) is 24.3 Å². The molecule has 224 valence electrons. The lowest BCUT2D eigenvalue weighted by atomic mass is 10.0. The van der Waals surface area contributed by atoms with Crippen LogP contribution < -0.4 is 0 Å². The quantitative estimate of drug-likeness (QED) is 0.0504. The predicted octanol–water partition coefficient (Wildman–Crippen LogP) is 12.6. The zero-order valence-electron chi connectivity index (χ0n) is 26.1. The van der Waals surface area contributed by atoms with E-state index >= 15 is 0 Å². The Labute approximate surface area is 239 Å². The lowest BCUT2D eigenvalue weighted by molar-refractivity contribution is -0.143. The van der Waals surface area contributed by atoms with Crippen LogP contribution in [0.15, 0.2) is 24.3 Å². The third-order valence-electron chi connectivity index (χ3n) is 7.59. The van der Waals surface area contributed by atoms with E-state index in [-0.39, 0.29) is 5.97 Å². The van der Waals surface area contributed by atoms with E-state index in [0.717, 1.165) is 19.3 Å². The van der Waals surface area contributed by atoms with Crippen LogP contribution in [0.4, 0.5) is 0 Å². The number of hydrogen-bond acceptors (Lipinski definition) is 2. The van der Waals surface area contributed by atoms with Gasteiger partial charge in [0.05, 0.1) is 6.61 Å². The van der Waals surface area contributed by atoms with Gasteiger partial charge in [0, 0.05) is 6.42 Å². The van der Waals surface area contributed by atoms with E-state index in [0.29, 0.717) is 13.0 Å². The summed E-state index contributed by atoms with van der Waals surface area (Å²) < 4.78 is 5.43. The fourth-order valence-corrected chi connectivity index (χ4v) is 4.99. The fourth-order valence-electron chi connectivity index (χ4n) is 4.99. The van der Waals surface area contributed by atoms with Crippen molar-refractivity contribution < 1.29 is 9.53 Å². The van der Waals surface area contributed by atoms with Crippen LogP contribution in [0.2, 0.25) is 0 Å². The standard InChI is InChI=1S/C36H68O2/c1-3-5-7-9-11-13-15-17-19-21-23-25-27-29-31-33-35-38-36(37)34-32-30-28-26-24-22-20-18-16-14-12-10-8-6-4-2/h11,13,17,19H,3-10,12,14-16,18,20-35H2,1-2H3/b13-11-,19-17-. The van der Waals surface area contributed by atoms with Crippen LogP contribution in [0, 0.1) is 0 Å². The van der Waals surface area contributed by atoms with E-state index in [1.807, 2.05) is 0 Å². The van der Waals surface area contributed by atoms with Gasteiger partial charge < -0.3 is 4.74 Å². The van der Waals surface area contributed by atoms with Crippen molar-refractivity contribution in [1.29, 1.82) is 0 Å². The van der Waals surface area contributed by atoms with E-state index in [1.54, 1.807) is 0 Å². The summed E-state index contributed by atoms with van der Waals surface area (Å²) in [6.45, 7) is 5.16. The van der Waals surface area contributed by atoms with E-state index in [9.17, 15) is 4.79 Å². The number of ether oxygens (including phenoxy) is 1. The molecule has 0 atom stereocenters. The Bertz CT molecular complexity index is 507. The second-order valence-corrected chi connectivity index (χ2v) is 11.5. The molecule has 0 fully saturated rings. The molecule has 0 aromatic heterocycles. The average molecular weight is 533 g/mol. The lowest BCUT2D eigenvalue weighted by Crippen LogP contribution is -2.05. The molecule has 0 spiro atoms. The summed E-state index contributed by atoms with van der Waals surface area (Å²) in [5, 5.41) is 0. The normalized spacial score (nSPS) is 11.7. The van der Waals surface area contributed by atoms with Gasteiger partial charge in [-0.1, -0.05) is 167 Å². The average Bonchev–Trinajstić information content (AvgIpc) is 2.92. The topological polar surface area (TPSA) is 26.3 Å². The van der Waals surface area contributed by atoms with Gasteiger partial charge >= 0.3 is 5.97 Å². The smallest absolute Gasteiger partial charge is 0.305 e. The minimum Gasteiger partial charge on any atom is -0.466 e. The Morgan fingerprint density at radius 1 is 0.447 bits per heavy atom. The number of unbranched alkanes of at least 4 members (excludes halogenated alkanes) is 23. The molecule has 0 amide bonds. The third kappa shape index (κ3) is 33.0. The molecule has 0 saturated heterocycles. The first-order valence-electron chi connectivity index (χ1n) is 17.3. The maximum absolute atomic E-state index is 11.9. The first-order valence-corrected chi connectivity index (χ1v) is 17.3. The van der Waals surface area contributed by atoms with Gasteiger partial charge in [0.2, 0.25) is 0 Å². The van der Waals surface area contributed by atoms with E-state index in [2.05, 4.69) is 38.2 Å². The Kier molecular flexibility index (Phi) is 33.0. The Morgan fingerprint density at radius 3 is 1.32 bits per heavy atom. The van der Waals surface area contributed by atoms with Crippen LogP contribution in [-0.2, 0) is 9.53 Å². The van der Waals surface area contributed by atoms with Gasteiger partial charge in [0.15, 0.2) is 0 Å². The number of rotatable bonds is 31. The number of esters is 1. The summed E-state index contributed by atoms with van der Waals surface area (Å²) in [5.74, 6) is 0.0160. The SMILES string of the molecule is CCCCC/C=C\C/C=C\CCCCCCCCOC(=O)CCCCCCCCCCCCCCCCC. The van der Waals surface area contributed by atoms with Gasteiger partial charge in [-0.3, -0.25) is 4.79 Å². The van der Waals surface area contributed by atoms with Crippen LogP contribution >= 0.6 is 0 Å². The number of hydrogen-bond donors (Lipinski definition) is 0. The minimum atomic E-state index is 0.0160. The van der Waals surface area contributed by atoms with Crippen molar-refractivity contribution in [3.8, 4) is 0 Å². The minimum absolute atomic E-state index is 0.0160. The van der Waals surface area contributed by atoms with Gasteiger partial charge in [0.1, 0.15) is 0 Å². The molecule has 0 aromatic carbocycles. The zero-order chi connectivity index (χ0) is 27.6. The van der Waals surface area contributed by atoms with Crippen molar-refractivity contribution in [3.63, 3.8) is 0 Å². The molecule has 0 aromatic rings. The number of carbonyl (C=O) groups is 1. The summed E-state index contributed by atoms with van der Waals surface area (Å²) in [5.41, 5.74) is 0. The highest BCUT2D eigenvalue weighted by molar-refractivity contribution is 5.69. The van der Waals surface area contributed by atoms with Crippen LogP contribution in [0.5, 0.6) is 0 Å². The van der Waals surface area contributed by atoms with Crippen molar-refractivity contribution in [2.24, 2.45) is 0 Å². The van der Waals surface area contributed by atoms with Gasteiger partial charge in [-0.05, 0) is 44.9 Å². The van der Waals surface area contributed by atoms with Crippen molar-refractivity contribution >= 4 is 5.97 Å². The van der Waals surface area contributed by atoms with E-state index in [1.165, 1.54) is 154 Å². The largest absolute Gasteiger partial charge is 0.466 e. The van der Waals surface area contributed by atoms with Gasteiger partial charge in [-0.15, -0.1) is 0 Å². The molecule has 0 aliphatic heterocycles. The van der Waals surface area contributed by atoms with Crippen LogP contribution in [0.1, 0.15) is 194 Å². The maximum Gasteiger partial charge on any atom is 0.305 e. The number of allylic oxidation sites excluding steroid dienone is 4. The van der Waals surface area contributed by atoms with Crippen molar-refractivity contribution in [2.75, 3.05) is 6.61 Å². The molecule has 2 nitrogen and oxygen atoms in total. The second kappa shape index (κ2) is 34.0. The molecule has 0 unspecified atom stereocenters. The fraction of sp³-hybridized carbons (Fsp3) is 0.861. The summed E-state index contributed by atoms with van der Waals surface area (Å²) in [4.78, 5) is 11.9. The number of carbonyl (C=O) groups excluding carboxylic acids is 1. The summed E-state index contributed by atoms with van der Waals surface area (Å²) >= 11 is 0. The summed E-state index contributed by atoms with van der Waals surface area (Å²) in [7, 11) is 0. The van der Waals surface area contributed by atoms with Crippen molar-refractivity contribution in [1.82, 2.24) is 0 Å². The zero-order valence-corrected chi connectivity index (χ0v) is 26.1. The first-order chi connectivity index (χ1) is 18.8.